The van der Waals surface area contributed by atoms with Crippen molar-refractivity contribution < 1.29 is 14.8 Å². The molecule has 30 heavy (non-hydrogen) atoms. The van der Waals surface area contributed by atoms with Crippen LogP contribution in [0.1, 0.15) is 84.6 Å². The molecule has 1 fully saturated rings. The number of nitro groups is 1. The highest BCUT2D eigenvalue weighted by molar-refractivity contribution is 5.86. The molecular formula is C25H39NO4. The average Bonchev–Trinajstić information content (AvgIpc) is 2.73. The fourth-order valence-corrected chi connectivity index (χ4v) is 5.21. The van der Waals surface area contributed by atoms with E-state index in [-0.39, 0.29) is 29.5 Å². The number of ketones is 1. The number of aliphatic hydroxyl groups excluding tert-OH is 1. The predicted molar refractivity (Wildman–Crippen MR) is 120 cm³/mol. The molecule has 5 heteroatoms. The molecule has 0 spiro atoms. The minimum Gasteiger partial charge on any atom is -0.379 e. The molecule has 0 aromatic heterocycles. The molecule has 0 unspecified atom stereocenters. The Kier molecular flexibility index (Phi) is 9.02. The Labute approximate surface area is 181 Å². The zero-order valence-electron chi connectivity index (χ0n) is 19.0. The Morgan fingerprint density at radius 1 is 1.20 bits per heavy atom. The van der Waals surface area contributed by atoms with Gasteiger partial charge in [-0.05, 0) is 42.1 Å². The van der Waals surface area contributed by atoms with E-state index in [1.165, 1.54) is 5.56 Å². The minimum absolute atomic E-state index is 0.0609. The van der Waals surface area contributed by atoms with Crippen molar-refractivity contribution in [2.75, 3.05) is 0 Å². The molecule has 5 nitrogen and oxygen atoms in total. The summed E-state index contributed by atoms with van der Waals surface area (Å²) in [7, 11) is 0. The van der Waals surface area contributed by atoms with E-state index in [1.807, 2.05) is 18.2 Å². The number of hydrogen-bond donors (Lipinski definition) is 1. The number of carbonyl (C=O) groups is 1. The first-order valence-corrected chi connectivity index (χ1v) is 11.6. The normalized spacial score (nSPS) is 24.2. The van der Waals surface area contributed by atoms with E-state index in [9.17, 15) is 20.0 Å². The van der Waals surface area contributed by atoms with Crippen molar-refractivity contribution in [3.8, 4) is 0 Å². The summed E-state index contributed by atoms with van der Waals surface area (Å²) >= 11 is 0. The van der Waals surface area contributed by atoms with Crippen molar-refractivity contribution in [1.29, 1.82) is 0 Å². The number of unbranched alkanes of at least 4 members (excludes halogenated alkanes) is 3. The lowest BCUT2D eigenvalue weighted by Crippen LogP contribution is -2.49. The van der Waals surface area contributed by atoms with Crippen LogP contribution >= 0.6 is 0 Å². The molecule has 1 aliphatic carbocycles. The Balaban J connectivity index is 2.22. The summed E-state index contributed by atoms with van der Waals surface area (Å²) in [5.74, 6) is -0.233. The van der Waals surface area contributed by atoms with Crippen LogP contribution in [0.15, 0.2) is 30.3 Å². The van der Waals surface area contributed by atoms with Gasteiger partial charge in [0, 0.05) is 17.3 Å². The molecule has 0 saturated heterocycles. The maximum absolute atomic E-state index is 13.4. The van der Waals surface area contributed by atoms with Gasteiger partial charge in [-0.25, -0.2) is 0 Å². The minimum atomic E-state index is -1.52. The van der Waals surface area contributed by atoms with Gasteiger partial charge < -0.3 is 5.11 Å². The molecule has 0 bridgehead atoms. The standard InChI is InChI=1S/C25H39NO4/c1-5-6-7-11-14-22(26(29)30)24(28)23(27)20-17-18(2)15-16-21(20)25(3,4)19-12-9-8-10-13-19/h8-10,12-13,18,20-22,24,28H,5-7,11,14-17H2,1-4H3/t18-,20-,21+,22+,24+/m1/s1. The summed E-state index contributed by atoms with van der Waals surface area (Å²) in [5, 5.41) is 22.5. The number of nitrogens with zero attached hydrogens (tertiary/aromatic N) is 1. The number of hydrogen-bond acceptors (Lipinski definition) is 4. The van der Waals surface area contributed by atoms with Crippen molar-refractivity contribution in [2.24, 2.45) is 17.8 Å². The fourth-order valence-electron chi connectivity index (χ4n) is 5.21. The van der Waals surface area contributed by atoms with E-state index < -0.39 is 17.1 Å². The second kappa shape index (κ2) is 11.0. The molecule has 1 aromatic rings. The van der Waals surface area contributed by atoms with Crippen LogP contribution in [0.4, 0.5) is 0 Å². The van der Waals surface area contributed by atoms with Crippen LogP contribution in [0.2, 0.25) is 0 Å². The van der Waals surface area contributed by atoms with E-state index >= 15 is 0 Å². The van der Waals surface area contributed by atoms with Crippen molar-refractivity contribution in [3.05, 3.63) is 46.0 Å². The Bertz CT molecular complexity index is 688. The van der Waals surface area contributed by atoms with Gasteiger partial charge in [-0.15, -0.1) is 0 Å². The molecular weight excluding hydrogens is 378 g/mol. The Morgan fingerprint density at radius 3 is 2.47 bits per heavy atom. The maximum Gasteiger partial charge on any atom is 0.245 e. The number of aliphatic hydroxyl groups is 1. The summed E-state index contributed by atoms with van der Waals surface area (Å²) < 4.78 is 0. The first-order chi connectivity index (χ1) is 14.2. The van der Waals surface area contributed by atoms with Crippen molar-refractivity contribution in [2.45, 2.75) is 96.6 Å². The van der Waals surface area contributed by atoms with Gasteiger partial charge in [-0.1, -0.05) is 83.7 Å². The summed E-state index contributed by atoms with van der Waals surface area (Å²) in [5.41, 5.74) is 0.925. The van der Waals surface area contributed by atoms with Crippen LogP contribution < -0.4 is 0 Å². The first-order valence-electron chi connectivity index (χ1n) is 11.6. The zero-order valence-corrected chi connectivity index (χ0v) is 19.0. The lowest BCUT2D eigenvalue weighted by molar-refractivity contribution is -0.532. The highest BCUT2D eigenvalue weighted by Gasteiger charge is 2.47. The second-order valence-corrected chi connectivity index (χ2v) is 9.77. The topological polar surface area (TPSA) is 80.4 Å². The van der Waals surface area contributed by atoms with E-state index in [1.54, 1.807) is 0 Å². The van der Waals surface area contributed by atoms with Gasteiger partial charge in [-0.2, -0.15) is 0 Å². The highest BCUT2D eigenvalue weighted by atomic mass is 16.6. The lowest BCUT2D eigenvalue weighted by Gasteiger charge is -2.44. The highest BCUT2D eigenvalue weighted by Crippen LogP contribution is 2.46. The molecule has 0 radical (unpaired) electrons. The van der Waals surface area contributed by atoms with Crippen molar-refractivity contribution in [3.63, 3.8) is 0 Å². The number of Topliss-reactive ketones (excluding diaryl/α,β-unsaturated/α-hetero) is 1. The van der Waals surface area contributed by atoms with Crippen molar-refractivity contribution in [1.82, 2.24) is 0 Å². The molecule has 1 saturated carbocycles. The van der Waals surface area contributed by atoms with E-state index in [2.05, 4.69) is 39.8 Å². The first kappa shape index (κ1) is 24.5. The monoisotopic (exact) mass is 417 g/mol. The summed E-state index contributed by atoms with van der Waals surface area (Å²) in [6, 6.07) is 8.97. The van der Waals surface area contributed by atoms with Crippen LogP contribution in [0.3, 0.4) is 0 Å². The third-order valence-electron chi connectivity index (χ3n) is 7.20. The van der Waals surface area contributed by atoms with E-state index in [0.717, 1.165) is 32.1 Å². The van der Waals surface area contributed by atoms with Crippen LogP contribution in [-0.2, 0) is 10.2 Å². The molecule has 2 rings (SSSR count). The van der Waals surface area contributed by atoms with Crippen LogP contribution in [0.5, 0.6) is 0 Å². The van der Waals surface area contributed by atoms with Gasteiger partial charge in [0.25, 0.3) is 0 Å². The van der Waals surface area contributed by atoms with Crippen molar-refractivity contribution >= 4 is 5.78 Å². The SMILES string of the molecule is CCCCCC[C@@H]([C@H](O)C(=O)[C@@H]1C[C@H](C)CC[C@@H]1C(C)(C)c1ccccc1)[N+](=O)[O-]. The zero-order chi connectivity index (χ0) is 22.3. The number of rotatable bonds is 11. The molecule has 5 atom stereocenters. The quantitative estimate of drug-likeness (QED) is 0.290. The fraction of sp³-hybridized carbons (Fsp3) is 0.720. The van der Waals surface area contributed by atoms with Gasteiger partial charge in [0.2, 0.25) is 6.04 Å². The number of benzene rings is 1. The number of carbonyl (C=O) groups excluding carboxylic acids is 1. The van der Waals surface area contributed by atoms with Gasteiger partial charge in [0.05, 0.1) is 0 Å². The second-order valence-electron chi connectivity index (χ2n) is 9.77. The third kappa shape index (κ3) is 5.90. The van der Waals surface area contributed by atoms with Crippen LogP contribution in [-0.4, -0.2) is 28.0 Å². The van der Waals surface area contributed by atoms with Gasteiger partial charge in [-0.3, -0.25) is 14.9 Å². The third-order valence-corrected chi connectivity index (χ3v) is 7.20. The summed E-state index contributed by atoms with van der Waals surface area (Å²) in [6.45, 7) is 8.53. The van der Waals surface area contributed by atoms with Gasteiger partial charge in [0.1, 0.15) is 0 Å². The Hall–Kier alpha value is -1.75. The molecule has 0 heterocycles. The largest absolute Gasteiger partial charge is 0.379 e. The molecule has 1 aliphatic rings. The van der Waals surface area contributed by atoms with E-state index in [4.69, 9.17) is 0 Å². The molecule has 0 amide bonds. The summed E-state index contributed by atoms with van der Waals surface area (Å²) in [4.78, 5) is 24.6. The van der Waals surface area contributed by atoms with Gasteiger partial charge >= 0.3 is 0 Å². The van der Waals surface area contributed by atoms with Crippen LogP contribution in [0, 0.1) is 27.9 Å². The van der Waals surface area contributed by atoms with Crippen LogP contribution in [0.25, 0.3) is 0 Å². The summed E-state index contributed by atoms with van der Waals surface area (Å²) in [6.07, 6.45) is 4.98. The molecule has 1 N–H and O–H groups in total. The lowest BCUT2D eigenvalue weighted by atomic mass is 9.59. The maximum atomic E-state index is 13.4. The molecule has 1 aromatic carbocycles. The average molecular weight is 418 g/mol. The smallest absolute Gasteiger partial charge is 0.245 e. The Morgan fingerprint density at radius 2 is 1.87 bits per heavy atom. The molecule has 168 valence electrons. The van der Waals surface area contributed by atoms with E-state index in [0.29, 0.717) is 18.8 Å². The predicted octanol–water partition coefficient (Wildman–Crippen LogP) is 5.56. The van der Waals surface area contributed by atoms with Gasteiger partial charge in [0.15, 0.2) is 11.9 Å². The molecule has 0 aliphatic heterocycles.